The Balaban J connectivity index is 1.93. The number of rotatable bonds is 3. The van der Waals surface area contributed by atoms with Crippen molar-refractivity contribution >= 4 is 17.9 Å². The van der Waals surface area contributed by atoms with Gasteiger partial charge in [-0.05, 0) is 35.6 Å². The van der Waals surface area contributed by atoms with Crippen LogP contribution in [0.1, 0.15) is 29.4 Å². The second kappa shape index (κ2) is 6.11. The first kappa shape index (κ1) is 14.5. The minimum atomic E-state index is -0.138. The van der Waals surface area contributed by atoms with Crippen molar-refractivity contribution in [1.82, 2.24) is 15.3 Å². The molecule has 0 saturated carbocycles. The van der Waals surface area contributed by atoms with Gasteiger partial charge in [0.05, 0.1) is 6.04 Å². The van der Waals surface area contributed by atoms with E-state index in [1.165, 1.54) is 0 Å². The van der Waals surface area contributed by atoms with E-state index in [2.05, 4.69) is 15.3 Å². The van der Waals surface area contributed by atoms with Gasteiger partial charge in [-0.1, -0.05) is 12.1 Å². The summed E-state index contributed by atoms with van der Waals surface area (Å²) in [6.45, 7) is 0.712. The molecule has 3 heterocycles. The second-order valence-electron chi connectivity index (χ2n) is 5.63. The number of hydrogen-bond acceptors (Lipinski definition) is 6. The summed E-state index contributed by atoms with van der Waals surface area (Å²) < 4.78 is 0. The van der Waals surface area contributed by atoms with Crippen molar-refractivity contribution in [2.75, 3.05) is 18.0 Å². The summed E-state index contributed by atoms with van der Waals surface area (Å²) in [5.74, 6) is 1.41. The number of aromatic nitrogens is 2. The molecule has 2 aromatic heterocycles. The number of aldehydes is 1. The number of pyridine rings is 2. The third-order valence-electron chi connectivity index (χ3n) is 4.23. The van der Waals surface area contributed by atoms with Crippen molar-refractivity contribution in [3.05, 3.63) is 47.8 Å². The monoisotopic (exact) mass is 297 g/mol. The van der Waals surface area contributed by atoms with Crippen LogP contribution < -0.4 is 16.8 Å². The Morgan fingerprint density at radius 3 is 2.09 bits per heavy atom. The third kappa shape index (κ3) is 2.92. The van der Waals surface area contributed by atoms with Gasteiger partial charge in [0.25, 0.3) is 0 Å². The van der Waals surface area contributed by atoms with E-state index >= 15 is 0 Å². The first-order valence-corrected chi connectivity index (χ1v) is 7.29. The molecule has 22 heavy (non-hydrogen) atoms. The van der Waals surface area contributed by atoms with Gasteiger partial charge >= 0.3 is 0 Å². The van der Waals surface area contributed by atoms with Crippen LogP contribution in [0.15, 0.2) is 36.7 Å². The summed E-state index contributed by atoms with van der Waals surface area (Å²) in [4.78, 5) is 19.5. The molecule has 1 aliphatic rings. The largest absolute Gasteiger partial charge is 0.384 e. The maximum Gasteiger partial charge on any atom is 0.136 e. The van der Waals surface area contributed by atoms with Crippen LogP contribution in [0, 0.1) is 0 Å². The van der Waals surface area contributed by atoms with Crippen LogP contribution in [0.5, 0.6) is 0 Å². The number of carbonyl (C=O) groups is 1. The quantitative estimate of drug-likeness (QED) is 0.732. The molecule has 0 spiro atoms. The fourth-order valence-corrected chi connectivity index (χ4v) is 3.04. The topological polar surface area (TPSA) is 107 Å². The van der Waals surface area contributed by atoms with Gasteiger partial charge in [0, 0.05) is 24.9 Å². The van der Waals surface area contributed by atoms with Crippen LogP contribution in [-0.4, -0.2) is 28.8 Å². The molecule has 1 fully saturated rings. The molecule has 3 rings (SSSR count). The van der Waals surface area contributed by atoms with Gasteiger partial charge in [0.1, 0.15) is 17.9 Å². The summed E-state index contributed by atoms with van der Waals surface area (Å²) >= 11 is 0. The standard InChI is InChI=1S/C16H19N5O/c17-15-3-1-10(6-20-15)13-5-12(9-22)19-8-14(13)11-2-4-16(18)21-7-11/h1-4,6-7,9,12-14,19H,5,8H2,(H2,17,20)(H2,18,21). The predicted octanol–water partition coefficient (Wildman–Crippen LogP) is 1.07. The van der Waals surface area contributed by atoms with E-state index in [1.54, 1.807) is 24.5 Å². The van der Waals surface area contributed by atoms with Gasteiger partial charge < -0.3 is 21.6 Å². The average Bonchev–Trinajstić information content (AvgIpc) is 2.56. The highest BCUT2D eigenvalue weighted by Crippen LogP contribution is 2.38. The number of hydrogen-bond donors (Lipinski definition) is 3. The van der Waals surface area contributed by atoms with E-state index in [-0.39, 0.29) is 17.9 Å². The van der Waals surface area contributed by atoms with E-state index < -0.39 is 0 Å². The van der Waals surface area contributed by atoms with Gasteiger partial charge in [-0.2, -0.15) is 0 Å². The number of anilines is 2. The van der Waals surface area contributed by atoms with Crippen LogP contribution in [0.3, 0.4) is 0 Å². The fourth-order valence-electron chi connectivity index (χ4n) is 3.04. The minimum absolute atomic E-state index is 0.138. The Morgan fingerprint density at radius 2 is 1.59 bits per heavy atom. The zero-order chi connectivity index (χ0) is 15.5. The Morgan fingerprint density at radius 1 is 1.00 bits per heavy atom. The zero-order valence-corrected chi connectivity index (χ0v) is 12.1. The SMILES string of the molecule is Nc1ccc(C2CNC(C=O)CC2c2ccc(N)nc2)cn1. The van der Waals surface area contributed by atoms with Gasteiger partial charge in [-0.25, -0.2) is 9.97 Å². The molecule has 3 unspecified atom stereocenters. The molecule has 0 aliphatic carbocycles. The summed E-state index contributed by atoms with van der Waals surface area (Å²) in [5, 5.41) is 3.27. The molecular formula is C16H19N5O. The summed E-state index contributed by atoms with van der Waals surface area (Å²) in [6, 6.07) is 7.44. The van der Waals surface area contributed by atoms with Gasteiger partial charge in [0.2, 0.25) is 0 Å². The molecule has 0 radical (unpaired) electrons. The van der Waals surface area contributed by atoms with Crippen molar-refractivity contribution < 1.29 is 4.79 Å². The highest BCUT2D eigenvalue weighted by molar-refractivity contribution is 5.58. The molecule has 6 nitrogen and oxygen atoms in total. The molecular weight excluding hydrogens is 278 g/mol. The third-order valence-corrected chi connectivity index (χ3v) is 4.23. The van der Waals surface area contributed by atoms with Crippen LogP contribution in [0.4, 0.5) is 11.6 Å². The molecule has 114 valence electrons. The van der Waals surface area contributed by atoms with Gasteiger partial charge in [-0.3, -0.25) is 0 Å². The van der Waals surface area contributed by atoms with Crippen molar-refractivity contribution in [3.8, 4) is 0 Å². The Hall–Kier alpha value is -2.47. The molecule has 6 heteroatoms. The van der Waals surface area contributed by atoms with Crippen LogP contribution in [-0.2, 0) is 4.79 Å². The number of nitrogen functional groups attached to an aromatic ring is 2. The smallest absolute Gasteiger partial charge is 0.136 e. The molecule has 3 atom stereocenters. The van der Waals surface area contributed by atoms with Gasteiger partial charge in [0.15, 0.2) is 0 Å². The Labute approximate surface area is 129 Å². The first-order valence-electron chi connectivity index (χ1n) is 7.29. The van der Waals surface area contributed by atoms with Crippen molar-refractivity contribution in [2.45, 2.75) is 24.3 Å². The van der Waals surface area contributed by atoms with Gasteiger partial charge in [-0.15, -0.1) is 0 Å². The highest BCUT2D eigenvalue weighted by Gasteiger charge is 2.32. The summed E-state index contributed by atoms with van der Waals surface area (Å²) in [6.07, 6.45) is 5.30. The maximum absolute atomic E-state index is 11.2. The molecule has 2 aromatic rings. The minimum Gasteiger partial charge on any atom is -0.384 e. The molecule has 0 aromatic carbocycles. The van der Waals surface area contributed by atoms with E-state index in [0.717, 1.165) is 23.8 Å². The van der Waals surface area contributed by atoms with Crippen LogP contribution in [0.2, 0.25) is 0 Å². The summed E-state index contributed by atoms with van der Waals surface area (Å²) in [5.41, 5.74) is 13.5. The maximum atomic E-state index is 11.2. The predicted molar refractivity (Wildman–Crippen MR) is 85.3 cm³/mol. The van der Waals surface area contributed by atoms with Crippen LogP contribution in [0.25, 0.3) is 0 Å². The van der Waals surface area contributed by atoms with E-state index in [1.807, 2.05) is 12.1 Å². The molecule has 5 N–H and O–H groups in total. The highest BCUT2D eigenvalue weighted by atomic mass is 16.1. The Bertz CT molecular complexity index is 641. The normalized spacial score (nSPS) is 24.8. The number of piperidine rings is 1. The summed E-state index contributed by atoms with van der Waals surface area (Å²) in [7, 11) is 0. The van der Waals surface area contributed by atoms with Crippen LogP contribution >= 0.6 is 0 Å². The number of nitrogens with one attached hydrogen (secondary N) is 1. The number of carbonyl (C=O) groups excluding carboxylic acids is 1. The molecule has 0 amide bonds. The number of nitrogens with zero attached hydrogens (tertiary/aromatic N) is 2. The van der Waals surface area contributed by atoms with E-state index in [0.29, 0.717) is 18.2 Å². The zero-order valence-electron chi connectivity index (χ0n) is 12.1. The lowest BCUT2D eigenvalue weighted by Gasteiger charge is -2.35. The Kier molecular flexibility index (Phi) is 4.02. The molecule has 1 saturated heterocycles. The average molecular weight is 297 g/mol. The fraction of sp³-hybridized carbons (Fsp3) is 0.312. The lowest BCUT2D eigenvalue weighted by Crippen LogP contribution is -2.42. The lowest BCUT2D eigenvalue weighted by atomic mass is 9.76. The van der Waals surface area contributed by atoms with Crippen molar-refractivity contribution in [2.24, 2.45) is 0 Å². The first-order chi connectivity index (χ1) is 10.7. The second-order valence-corrected chi connectivity index (χ2v) is 5.63. The van der Waals surface area contributed by atoms with Crippen molar-refractivity contribution in [3.63, 3.8) is 0 Å². The van der Waals surface area contributed by atoms with Crippen molar-refractivity contribution in [1.29, 1.82) is 0 Å². The molecule has 0 bridgehead atoms. The van der Waals surface area contributed by atoms with E-state index in [9.17, 15) is 4.79 Å². The lowest BCUT2D eigenvalue weighted by molar-refractivity contribution is -0.110. The molecule has 1 aliphatic heterocycles. The number of nitrogens with two attached hydrogens (primary N) is 2. The van der Waals surface area contributed by atoms with E-state index in [4.69, 9.17) is 11.5 Å².